The number of nitrogens with two attached hydrogens (primary N) is 1. The maximum atomic E-state index is 6.43. The van der Waals surface area contributed by atoms with Gasteiger partial charge in [-0.2, -0.15) is 11.8 Å². The number of ether oxygens (including phenoxy) is 2. The van der Waals surface area contributed by atoms with Crippen molar-refractivity contribution in [3.8, 4) is 0 Å². The second kappa shape index (κ2) is 7.30. The van der Waals surface area contributed by atoms with Gasteiger partial charge in [-0.1, -0.05) is 13.8 Å². The monoisotopic (exact) mass is 287 g/mol. The first-order chi connectivity index (χ1) is 9.15. The standard InChI is InChI=1S/C15H29NO2S/c1-3-12(2)19-11-14(16)13-4-7-18-15(10-13)5-8-17-9-6-15/h12-14H,3-11,16H2,1-2H3. The summed E-state index contributed by atoms with van der Waals surface area (Å²) in [4.78, 5) is 0. The summed E-state index contributed by atoms with van der Waals surface area (Å²) in [5.41, 5.74) is 6.52. The molecule has 3 nitrogen and oxygen atoms in total. The van der Waals surface area contributed by atoms with Crippen molar-refractivity contribution in [2.24, 2.45) is 11.7 Å². The van der Waals surface area contributed by atoms with Crippen LogP contribution in [0.3, 0.4) is 0 Å². The molecule has 0 aliphatic carbocycles. The van der Waals surface area contributed by atoms with E-state index in [4.69, 9.17) is 15.2 Å². The van der Waals surface area contributed by atoms with Crippen LogP contribution in [0.2, 0.25) is 0 Å². The van der Waals surface area contributed by atoms with Gasteiger partial charge in [0.1, 0.15) is 0 Å². The molecular weight excluding hydrogens is 258 g/mol. The van der Waals surface area contributed by atoms with Gasteiger partial charge in [0.2, 0.25) is 0 Å². The van der Waals surface area contributed by atoms with Crippen LogP contribution in [0.4, 0.5) is 0 Å². The predicted octanol–water partition coefficient (Wildman–Crippen LogP) is 2.82. The molecule has 2 aliphatic rings. The molecule has 2 saturated heterocycles. The molecule has 2 rings (SSSR count). The zero-order valence-electron chi connectivity index (χ0n) is 12.4. The number of hydrogen-bond acceptors (Lipinski definition) is 4. The van der Waals surface area contributed by atoms with Gasteiger partial charge in [0, 0.05) is 36.9 Å². The van der Waals surface area contributed by atoms with Gasteiger partial charge in [-0.3, -0.25) is 0 Å². The van der Waals surface area contributed by atoms with Crippen LogP contribution in [0.25, 0.3) is 0 Å². The normalized spacial score (nSPS) is 30.2. The Kier molecular flexibility index (Phi) is 6.00. The van der Waals surface area contributed by atoms with Crippen LogP contribution in [0, 0.1) is 5.92 Å². The van der Waals surface area contributed by atoms with Crippen LogP contribution in [0.5, 0.6) is 0 Å². The smallest absolute Gasteiger partial charge is 0.0729 e. The third-order valence-corrected chi connectivity index (χ3v) is 6.17. The summed E-state index contributed by atoms with van der Waals surface area (Å²) in [6.45, 7) is 7.12. The lowest BCUT2D eigenvalue weighted by Gasteiger charge is -2.44. The minimum absolute atomic E-state index is 0.0832. The Labute approximate surface area is 122 Å². The summed E-state index contributed by atoms with van der Waals surface area (Å²) in [7, 11) is 0. The van der Waals surface area contributed by atoms with Gasteiger partial charge < -0.3 is 15.2 Å². The van der Waals surface area contributed by atoms with Crippen molar-refractivity contribution < 1.29 is 9.47 Å². The first kappa shape index (κ1) is 15.6. The van der Waals surface area contributed by atoms with Gasteiger partial charge in [0.05, 0.1) is 5.60 Å². The maximum absolute atomic E-state index is 6.43. The number of thioether (sulfide) groups is 1. The lowest BCUT2D eigenvalue weighted by atomic mass is 9.78. The Bertz CT molecular complexity index is 263. The van der Waals surface area contributed by atoms with E-state index in [1.807, 2.05) is 11.8 Å². The van der Waals surface area contributed by atoms with Gasteiger partial charge in [0.15, 0.2) is 0 Å². The Morgan fingerprint density at radius 1 is 1.32 bits per heavy atom. The molecule has 0 radical (unpaired) electrons. The van der Waals surface area contributed by atoms with Gasteiger partial charge in [-0.15, -0.1) is 0 Å². The summed E-state index contributed by atoms with van der Waals surface area (Å²) in [6.07, 6.45) is 5.60. The molecule has 0 saturated carbocycles. The van der Waals surface area contributed by atoms with Crippen LogP contribution < -0.4 is 5.73 Å². The second-order valence-electron chi connectivity index (χ2n) is 6.11. The molecule has 3 atom stereocenters. The SMILES string of the molecule is CCC(C)SCC(N)C1CCOC2(CCOCC2)C1. The predicted molar refractivity (Wildman–Crippen MR) is 81.6 cm³/mol. The molecule has 0 aromatic rings. The summed E-state index contributed by atoms with van der Waals surface area (Å²) in [6, 6.07) is 0.322. The highest BCUT2D eigenvalue weighted by Gasteiger charge is 2.40. The lowest BCUT2D eigenvalue weighted by Crippen LogP contribution is -2.48. The van der Waals surface area contributed by atoms with E-state index in [2.05, 4.69) is 13.8 Å². The van der Waals surface area contributed by atoms with Crippen LogP contribution in [0.15, 0.2) is 0 Å². The van der Waals surface area contributed by atoms with Crippen molar-refractivity contribution in [1.82, 2.24) is 0 Å². The Balaban J connectivity index is 1.82. The third kappa shape index (κ3) is 4.35. The van der Waals surface area contributed by atoms with Crippen LogP contribution in [-0.2, 0) is 9.47 Å². The van der Waals surface area contributed by atoms with E-state index in [1.54, 1.807) is 0 Å². The molecule has 2 heterocycles. The van der Waals surface area contributed by atoms with Crippen molar-refractivity contribution in [2.45, 2.75) is 62.8 Å². The first-order valence-electron chi connectivity index (χ1n) is 7.74. The molecule has 2 fully saturated rings. The third-order valence-electron chi connectivity index (χ3n) is 4.69. The minimum Gasteiger partial charge on any atom is -0.381 e. The zero-order valence-corrected chi connectivity index (χ0v) is 13.2. The molecule has 0 amide bonds. The van der Waals surface area contributed by atoms with E-state index in [-0.39, 0.29) is 5.60 Å². The van der Waals surface area contributed by atoms with E-state index in [9.17, 15) is 0 Å². The van der Waals surface area contributed by atoms with Gasteiger partial charge in [-0.05, 0) is 38.0 Å². The molecule has 19 heavy (non-hydrogen) atoms. The largest absolute Gasteiger partial charge is 0.381 e. The van der Waals surface area contributed by atoms with E-state index in [1.165, 1.54) is 6.42 Å². The van der Waals surface area contributed by atoms with Crippen molar-refractivity contribution >= 4 is 11.8 Å². The Hall–Kier alpha value is 0.230. The maximum Gasteiger partial charge on any atom is 0.0729 e. The highest BCUT2D eigenvalue weighted by atomic mass is 32.2. The average Bonchev–Trinajstić information content (AvgIpc) is 2.45. The highest BCUT2D eigenvalue weighted by Crippen LogP contribution is 2.38. The molecule has 2 N–H and O–H groups in total. The van der Waals surface area contributed by atoms with E-state index in [0.29, 0.717) is 12.0 Å². The molecule has 112 valence electrons. The van der Waals surface area contributed by atoms with Gasteiger partial charge in [-0.25, -0.2) is 0 Å². The minimum atomic E-state index is 0.0832. The Morgan fingerprint density at radius 2 is 2.05 bits per heavy atom. The van der Waals surface area contributed by atoms with E-state index in [0.717, 1.165) is 56.5 Å². The van der Waals surface area contributed by atoms with Gasteiger partial charge in [0.25, 0.3) is 0 Å². The van der Waals surface area contributed by atoms with E-state index < -0.39 is 0 Å². The summed E-state index contributed by atoms with van der Waals surface area (Å²) >= 11 is 2.02. The fraction of sp³-hybridized carbons (Fsp3) is 1.00. The average molecular weight is 287 g/mol. The summed E-state index contributed by atoms with van der Waals surface area (Å²) in [5.74, 6) is 1.72. The number of hydrogen-bond donors (Lipinski definition) is 1. The molecule has 0 bridgehead atoms. The molecular formula is C15H29NO2S. The molecule has 1 spiro atoms. The molecule has 0 aromatic heterocycles. The molecule has 0 aromatic carbocycles. The van der Waals surface area contributed by atoms with Gasteiger partial charge >= 0.3 is 0 Å². The summed E-state index contributed by atoms with van der Waals surface area (Å²) < 4.78 is 11.6. The summed E-state index contributed by atoms with van der Waals surface area (Å²) in [5, 5.41) is 0.725. The Morgan fingerprint density at radius 3 is 2.74 bits per heavy atom. The second-order valence-corrected chi connectivity index (χ2v) is 7.58. The van der Waals surface area contributed by atoms with E-state index >= 15 is 0 Å². The topological polar surface area (TPSA) is 44.5 Å². The number of rotatable bonds is 5. The van der Waals surface area contributed by atoms with Crippen LogP contribution in [-0.4, -0.2) is 42.5 Å². The quantitative estimate of drug-likeness (QED) is 0.844. The molecule has 3 unspecified atom stereocenters. The van der Waals surface area contributed by atoms with Crippen LogP contribution in [0.1, 0.15) is 46.0 Å². The zero-order chi connectivity index (χ0) is 13.7. The van der Waals surface area contributed by atoms with Crippen LogP contribution >= 0.6 is 11.8 Å². The van der Waals surface area contributed by atoms with Crippen molar-refractivity contribution in [2.75, 3.05) is 25.6 Å². The fourth-order valence-corrected chi connectivity index (χ4v) is 4.11. The highest BCUT2D eigenvalue weighted by molar-refractivity contribution is 7.99. The van der Waals surface area contributed by atoms with Crippen molar-refractivity contribution in [1.29, 1.82) is 0 Å². The fourth-order valence-electron chi connectivity index (χ4n) is 3.05. The first-order valence-corrected chi connectivity index (χ1v) is 8.79. The lowest BCUT2D eigenvalue weighted by molar-refractivity contribution is -0.148. The molecule has 4 heteroatoms. The molecule has 2 aliphatic heterocycles. The van der Waals surface area contributed by atoms with Crippen molar-refractivity contribution in [3.63, 3.8) is 0 Å². The van der Waals surface area contributed by atoms with Crippen molar-refractivity contribution in [3.05, 3.63) is 0 Å².